The van der Waals surface area contributed by atoms with E-state index < -0.39 is 41.1 Å². The first-order valence-electron chi connectivity index (χ1n) is 10.2. The van der Waals surface area contributed by atoms with Crippen LogP contribution in [0.25, 0.3) is 0 Å². The van der Waals surface area contributed by atoms with E-state index in [4.69, 9.17) is 0 Å². The van der Waals surface area contributed by atoms with Crippen LogP contribution in [0.1, 0.15) is 45.0 Å². The minimum Gasteiger partial charge on any atom is -0.388 e. The maximum absolute atomic E-state index is 14.4. The topological polar surface area (TPSA) is 69.6 Å². The van der Waals surface area contributed by atoms with Crippen molar-refractivity contribution in [1.29, 1.82) is 0 Å². The molecule has 5 nitrogen and oxygen atoms in total. The first-order chi connectivity index (χ1) is 15.3. The van der Waals surface area contributed by atoms with Crippen molar-refractivity contribution in [3.8, 4) is 0 Å². The minimum absolute atomic E-state index is 0.0702. The summed E-state index contributed by atoms with van der Waals surface area (Å²) in [5, 5.41) is 15.9. The molecule has 2 heterocycles. The van der Waals surface area contributed by atoms with Gasteiger partial charge in [-0.25, -0.2) is 8.78 Å². The van der Waals surface area contributed by atoms with Crippen LogP contribution < -0.4 is 5.32 Å². The van der Waals surface area contributed by atoms with Gasteiger partial charge in [-0.15, -0.1) is 11.3 Å². The molecule has 0 bridgehead atoms. The Bertz CT molecular complexity index is 1120. The molecule has 1 aromatic heterocycles. The molecule has 2 aromatic carbocycles. The summed E-state index contributed by atoms with van der Waals surface area (Å²) in [6, 6.07) is 12.8. The Labute approximate surface area is 188 Å². The standard InChI is InChI=1S/C24H22F2N2O3S/c1-24(31)12-13-28(23(30)17-5-2-3-6-18(17)26)20(19-7-4-14-32-19)21(24)27-22(29)15-8-10-16(25)11-9-15/h2-11,14,20-21,31H,12-13H2,1H3,(H,27,29)/t20-,21-,24+/m0/s1. The van der Waals surface area contributed by atoms with Gasteiger partial charge in [0.05, 0.1) is 23.2 Å². The molecule has 166 valence electrons. The SMILES string of the molecule is C[C@@]1(O)CCN(C(=O)c2ccccc2F)[C@@H](c2cccs2)[C@@H]1NC(=O)c1ccc(F)cc1. The number of benzene rings is 2. The average Bonchev–Trinajstić information content (AvgIpc) is 3.29. The highest BCUT2D eigenvalue weighted by Gasteiger charge is 2.48. The van der Waals surface area contributed by atoms with E-state index in [0.717, 1.165) is 4.88 Å². The Morgan fingerprint density at radius 1 is 1.09 bits per heavy atom. The third kappa shape index (κ3) is 4.28. The van der Waals surface area contributed by atoms with Crippen LogP contribution in [0.5, 0.6) is 0 Å². The van der Waals surface area contributed by atoms with Gasteiger partial charge in [0.2, 0.25) is 0 Å². The molecule has 0 saturated carbocycles. The molecule has 0 spiro atoms. The van der Waals surface area contributed by atoms with Gasteiger partial charge in [0.15, 0.2) is 0 Å². The molecule has 1 fully saturated rings. The van der Waals surface area contributed by atoms with E-state index in [1.54, 1.807) is 13.0 Å². The molecule has 8 heteroatoms. The number of piperidine rings is 1. The molecular weight excluding hydrogens is 434 g/mol. The van der Waals surface area contributed by atoms with Crippen LogP contribution in [0.3, 0.4) is 0 Å². The summed E-state index contributed by atoms with van der Waals surface area (Å²) in [7, 11) is 0. The molecule has 3 atom stereocenters. The molecule has 3 aromatic rings. The van der Waals surface area contributed by atoms with E-state index in [9.17, 15) is 23.5 Å². The van der Waals surface area contributed by atoms with Crippen LogP contribution in [0.15, 0.2) is 66.0 Å². The van der Waals surface area contributed by atoms with Gasteiger partial charge in [0.25, 0.3) is 11.8 Å². The van der Waals surface area contributed by atoms with Crippen LogP contribution in [-0.2, 0) is 0 Å². The minimum atomic E-state index is -1.34. The molecule has 0 aliphatic carbocycles. The average molecular weight is 457 g/mol. The Kier molecular flexibility index (Phi) is 6.08. The molecule has 1 saturated heterocycles. The van der Waals surface area contributed by atoms with Gasteiger partial charge in [0.1, 0.15) is 11.6 Å². The number of hydrogen-bond donors (Lipinski definition) is 2. The third-order valence-corrected chi connectivity index (χ3v) is 6.72. The fraction of sp³-hybridized carbons (Fsp3) is 0.250. The number of halogens is 2. The summed E-state index contributed by atoms with van der Waals surface area (Å²) in [6.45, 7) is 1.79. The van der Waals surface area contributed by atoms with Crippen molar-refractivity contribution in [3.05, 3.63) is 93.7 Å². The number of carbonyl (C=O) groups excluding carboxylic acids is 2. The number of aliphatic hydroxyl groups is 1. The third-order valence-electron chi connectivity index (χ3n) is 5.77. The molecule has 2 amide bonds. The Balaban J connectivity index is 1.72. The smallest absolute Gasteiger partial charge is 0.257 e. The van der Waals surface area contributed by atoms with Crippen LogP contribution in [-0.4, -0.2) is 40.0 Å². The number of rotatable bonds is 4. The lowest BCUT2D eigenvalue weighted by atomic mass is 9.81. The second-order valence-corrected chi connectivity index (χ2v) is 8.98. The number of amides is 2. The van der Waals surface area contributed by atoms with Crippen LogP contribution in [0, 0.1) is 11.6 Å². The molecule has 0 radical (unpaired) electrons. The summed E-state index contributed by atoms with van der Waals surface area (Å²) in [6.07, 6.45) is 0.184. The summed E-state index contributed by atoms with van der Waals surface area (Å²) in [5.74, 6) is -2.12. The first kappa shape index (κ1) is 22.1. The zero-order chi connectivity index (χ0) is 22.9. The summed E-state index contributed by atoms with van der Waals surface area (Å²) in [4.78, 5) is 28.5. The number of nitrogens with zero attached hydrogens (tertiary/aromatic N) is 1. The van der Waals surface area contributed by atoms with Gasteiger partial charge in [-0.3, -0.25) is 9.59 Å². The lowest BCUT2D eigenvalue weighted by Gasteiger charge is -2.48. The quantitative estimate of drug-likeness (QED) is 0.619. The highest BCUT2D eigenvalue weighted by atomic mass is 32.1. The number of carbonyl (C=O) groups is 2. The zero-order valence-electron chi connectivity index (χ0n) is 17.3. The van der Waals surface area contributed by atoms with E-state index in [-0.39, 0.29) is 24.1 Å². The number of nitrogens with one attached hydrogen (secondary N) is 1. The lowest BCUT2D eigenvalue weighted by molar-refractivity contribution is -0.0542. The summed E-state index contributed by atoms with van der Waals surface area (Å²) in [5.41, 5.74) is -1.18. The fourth-order valence-electron chi connectivity index (χ4n) is 4.02. The van der Waals surface area contributed by atoms with Crippen molar-refractivity contribution in [2.75, 3.05) is 6.54 Å². The second kappa shape index (κ2) is 8.80. The maximum atomic E-state index is 14.4. The van der Waals surface area contributed by atoms with Gasteiger partial charge >= 0.3 is 0 Å². The number of likely N-dealkylation sites (tertiary alicyclic amines) is 1. The van der Waals surface area contributed by atoms with Crippen molar-refractivity contribution in [2.45, 2.75) is 31.0 Å². The van der Waals surface area contributed by atoms with E-state index >= 15 is 0 Å². The number of thiophene rings is 1. The fourth-order valence-corrected chi connectivity index (χ4v) is 4.89. The highest BCUT2D eigenvalue weighted by molar-refractivity contribution is 7.10. The van der Waals surface area contributed by atoms with Gasteiger partial charge in [-0.2, -0.15) is 0 Å². The molecule has 32 heavy (non-hydrogen) atoms. The molecule has 1 aliphatic rings. The second-order valence-electron chi connectivity index (χ2n) is 8.00. The largest absolute Gasteiger partial charge is 0.388 e. The van der Waals surface area contributed by atoms with Gasteiger partial charge in [-0.05, 0) is 61.2 Å². The summed E-state index contributed by atoms with van der Waals surface area (Å²) >= 11 is 1.38. The van der Waals surface area contributed by atoms with Crippen molar-refractivity contribution in [3.63, 3.8) is 0 Å². The predicted molar refractivity (Wildman–Crippen MR) is 117 cm³/mol. The highest BCUT2D eigenvalue weighted by Crippen LogP contribution is 2.40. The first-order valence-corrected chi connectivity index (χ1v) is 11.0. The molecule has 1 aliphatic heterocycles. The van der Waals surface area contributed by atoms with E-state index in [1.165, 1.54) is 58.7 Å². The number of hydrogen-bond acceptors (Lipinski definition) is 4. The van der Waals surface area contributed by atoms with Gasteiger partial charge in [-0.1, -0.05) is 18.2 Å². The predicted octanol–water partition coefficient (Wildman–Crippen LogP) is 4.16. The molecule has 0 unspecified atom stereocenters. The van der Waals surface area contributed by atoms with E-state index in [0.29, 0.717) is 0 Å². The summed E-state index contributed by atoms with van der Waals surface area (Å²) < 4.78 is 27.7. The van der Waals surface area contributed by atoms with Crippen molar-refractivity contribution < 1.29 is 23.5 Å². The Hall–Kier alpha value is -3.10. The molecular formula is C24H22F2N2O3S. The Morgan fingerprint density at radius 2 is 1.81 bits per heavy atom. The zero-order valence-corrected chi connectivity index (χ0v) is 18.1. The van der Waals surface area contributed by atoms with E-state index in [1.807, 2.05) is 17.5 Å². The van der Waals surface area contributed by atoms with Crippen molar-refractivity contribution in [1.82, 2.24) is 10.2 Å². The van der Waals surface area contributed by atoms with Gasteiger partial charge in [0, 0.05) is 17.0 Å². The van der Waals surface area contributed by atoms with Crippen molar-refractivity contribution >= 4 is 23.2 Å². The molecule has 2 N–H and O–H groups in total. The van der Waals surface area contributed by atoms with Crippen LogP contribution in [0.2, 0.25) is 0 Å². The van der Waals surface area contributed by atoms with E-state index in [2.05, 4.69) is 5.32 Å². The van der Waals surface area contributed by atoms with Crippen molar-refractivity contribution in [2.24, 2.45) is 0 Å². The normalized spacial score (nSPS) is 23.1. The van der Waals surface area contributed by atoms with Crippen LogP contribution in [0.4, 0.5) is 8.78 Å². The molecule has 4 rings (SSSR count). The lowest BCUT2D eigenvalue weighted by Crippen LogP contribution is -2.63. The van der Waals surface area contributed by atoms with Gasteiger partial charge < -0.3 is 15.3 Å². The monoisotopic (exact) mass is 456 g/mol. The van der Waals surface area contributed by atoms with Crippen LogP contribution >= 0.6 is 11.3 Å². The Morgan fingerprint density at radius 3 is 2.47 bits per heavy atom. The maximum Gasteiger partial charge on any atom is 0.257 e.